The predicted octanol–water partition coefficient (Wildman–Crippen LogP) is 4.67. The third kappa shape index (κ3) is 3.94. The molecule has 1 aliphatic heterocycles. The Morgan fingerprint density at radius 3 is 2.71 bits per heavy atom. The van der Waals surface area contributed by atoms with Gasteiger partial charge in [0.1, 0.15) is 23.9 Å². The van der Waals surface area contributed by atoms with Crippen LogP contribution in [-0.2, 0) is 19.4 Å². The molecule has 0 aliphatic carbocycles. The summed E-state index contributed by atoms with van der Waals surface area (Å²) in [6, 6.07) is 12.2. The highest BCUT2D eigenvalue weighted by molar-refractivity contribution is 5.85. The van der Waals surface area contributed by atoms with Crippen LogP contribution in [0.4, 0.5) is 4.39 Å². The number of unbranched alkanes of at least 4 members (excludes halogenated alkanes) is 1. The zero-order valence-corrected chi connectivity index (χ0v) is 16.0. The molecule has 2 heterocycles. The van der Waals surface area contributed by atoms with E-state index < -0.39 is 0 Å². The van der Waals surface area contributed by atoms with E-state index in [1.165, 1.54) is 12.1 Å². The fraction of sp³-hybridized carbons (Fsp3) is 0.348. The molecule has 0 unspecified atom stereocenters. The number of ether oxygens (including phenoxy) is 1. The first-order valence-electron chi connectivity index (χ1n) is 9.82. The van der Waals surface area contributed by atoms with Crippen LogP contribution in [0.3, 0.4) is 0 Å². The average Bonchev–Trinajstić information content (AvgIpc) is 2.71. The normalized spacial score (nSPS) is 14.1. The van der Waals surface area contributed by atoms with Crippen LogP contribution in [0.2, 0.25) is 0 Å². The quantitative estimate of drug-likeness (QED) is 0.582. The standard InChI is InChI=1S/C23H24FNO3/c1-2-3-4-17-13-22(26)28-23-19(17)9-10-21-20(23)14-25(15-27-21)12-11-16-5-7-18(24)8-6-16/h5-10,13H,2-4,11-12,14-15H2,1H3. The lowest BCUT2D eigenvalue weighted by Crippen LogP contribution is -2.33. The Hall–Kier alpha value is -2.66. The Morgan fingerprint density at radius 1 is 1.11 bits per heavy atom. The van der Waals surface area contributed by atoms with Gasteiger partial charge in [-0.15, -0.1) is 0 Å². The Bertz CT molecular complexity index is 1030. The van der Waals surface area contributed by atoms with Crippen molar-refractivity contribution in [1.82, 2.24) is 4.90 Å². The molecule has 0 fully saturated rings. The maximum atomic E-state index is 13.1. The Morgan fingerprint density at radius 2 is 1.93 bits per heavy atom. The number of nitrogens with zero attached hydrogens (tertiary/aromatic N) is 1. The molecule has 28 heavy (non-hydrogen) atoms. The highest BCUT2D eigenvalue weighted by Crippen LogP contribution is 2.33. The van der Waals surface area contributed by atoms with Gasteiger partial charge >= 0.3 is 5.63 Å². The van der Waals surface area contributed by atoms with Crippen LogP contribution in [0.1, 0.15) is 36.5 Å². The zero-order valence-electron chi connectivity index (χ0n) is 16.0. The highest BCUT2D eigenvalue weighted by Gasteiger charge is 2.22. The lowest BCUT2D eigenvalue weighted by Gasteiger charge is -2.29. The van der Waals surface area contributed by atoms with Gasteiger partial charge in [0.2, 0.25) is 0 Å². The van der Waals surface area contributed by atoms with Crippen LogP contribution in [0.5, 0.6) is 5.75 Å². The summed E-state index contributed by atoms with van der Waals surface area (Å²) in [5, 5.41) is 0.996. The van der Waals surface area contributed by atoms with E-state index in [4.69, 9.17) is 9.15 Å². The number of benzene rings is 2. The summed E-state index contributed by atoms with van der Waals surface area (Å²) in [6.07, 6.45) is 3.78. The van der Waals surface area contributed by atoms with E-state index in [2.05, 4.69) is 11.8 Å². The molecular formula is C23H24FNO3. The minimum Gasteiger partial charge on any atom is -0.478 e. The summed E-state index contributed by atoms with van der Waals surface area (Å²) < 4.78 is 24.6. The van der Waals surface area contributed by atoms with Crippen LogP contribution < -0.4 is 10.4 Å². The molecule has 0 atom stereocenters. The fourth-order valence-electron chi connectivity index (χ4n) is 3.70. The van der Waals surface area contributed by atoms with Gasteiger partial charge in [0.15, 0.2) is 0 Å². The molecule has 2 aromatic carbocycles. The molecule has 0 bridgehead atoms. The zero-order chi connectivity index (χ0) is 19.5. The van der Waals surface area contributed by atoms with Crippen molar-refractivity contribution in [3.8, 4) is 5.75 Å². The molecular weight excluding hydrogens is 357 g/mol. The molecule has 4 rings (SSSR count). The minimum atomic E-state index is -0.310. The fourth-order valence-corrected chi connectivity index (χ4v) is 3.70. The molecule has 3 aromatic rings. The third-order valence-electron chi connectivity index (χ3n) is 5.27. The lowest BCUT2D eigenvalue weighted by molar-refractivity contribution is 0.0967. The molecule has 0 amide bonds. The molecule has 5 heteroatoms. The number of aryl methyl sites for hydroxylation is 1. The number of hydrogen-bond acceptors (Lipinski definition) is 4. The average molecular weight is 381 g/mol. The number of hydrogen-bond donors (Lipinski definition) is 0. The van der Waals surface area contributed by atoms with Crippen LogP contribution >= 0.6 is 0 Å². The maximum absolute atomic E-state index is 13.1. The molecule has 1 aliphatic rings. The molecule has 0 saturated heterocycles. The van der Waals surface area contributed by atoms with Crippen molar-refractivity contribution in [3.63, 3.8) is 0 Å². The molecule has 1 aromatic heterocycles. The van der Waals surface area contributed by atoms with E-state index in [0.717, 1.165) is 60.1 Å². The number of rotatable bonds is 6. The van der Waals surface area contributed by atoms with Crippen molar-refractivity contribution in [1.29, 1.82) is 0 Å². The van der Waals surface area contributed by atoms with Gasteiger partial charge in [0.25, 0.3) is 0 Å². The highest BCUT2D eigenvalue weighted by atomic mass is 19.1. The van der Waals surface area contributed by atoms with Gasteiger partial charge in [-0.25, -0.2) is 9.18 Å². The molecule has 0 spiro atoms. The second-order valence-electron chi connectivity index (χ2n) is 7.32. The molecule has 0 radical (unpaired) electrons. The van der Waals surface area contributed by atoms with E-state index in [-0.39, 0.29) is 11.4 Å². The summed E-state index contributed by atoms with van der Waals surface area (Å²) in [7, 11) is 0. The summed E-state index contributed by atoms with van der Waals surface area (Å²) in [4.78, 5) is 14.3. The second-order valence-corrected chi connectivity index (χ2v) is 7.32. The van der Waals surface area contributed by atoms with E-state index in [9.17, 15) is 9.18 Å². The Labute approximate surface area is 163 Å². The second kappa shape index (κ2) is 8.15. The maximum Gasteiger partial charge on any atom is 0.336 e. The van der Waals surface area contributed by atoms with Crippen molar-refractivity contribution < 1.29 is 13.5 Å². The van der Waals surface area contributed by atoms with Crippen molar-refractivity contribution >= 4 is 11.0 Å². The van der Waals surface area contributed by atoms with Gasteiger partial charge in [-0.1, -0.05) is 25.5 Å². The molecule has 4 nitrogen and oxygen atoms in total. The monoisotopic (exact) mass is 381 g/mol. The first kappa shape index (κ1) is 18.7. The SMILES string of the molecule is CCCCc1cc(=O)oc2c3c(ccc12)OCN(CCc1ccc(F)cc1)C3. The van der Waals surface area contributed by atoms with Gasteiger partial charge in [-0.2, -0.15) is 0 Å². The Balaban J connectivity index is 1.58. The van der Waals surface area contributed by atoms with Crippen LogP contribution in [0.25, 0.3) is 11.0 Å². The smallest absolute Gasteiger partial charge is 0.336 e. The van der Waals surface area contributed by atoms with Gasteiger partial charge in [-0.05, 0) is 54.7 Å². The van der Waals surface area contributed by atoms with E-state index >= 15 is 0 Å². The first-order chi connectivity index (χ1) is 13.6. The first-order valence-corrected chi connectivity index (χ1v) is 9.82. The van der Waals surface area contributed by atoms with E-state index in [1.54, 1.807) is 6.07 Å². The van der Waals surface area contributed by atoms with Crippen molar-refractivity contribution in [3.05, 3.63) is 75.4 Å². The largest absolute Gasteiger partial charge is 0.478 e. The van der Waals surface area contributed by atoms with Crippen molar-refractivity contribution in [2.75, 3.05) is 13.3 Å². The van der Waals surface area contributed by atoms with Crippen LogP contribution in [-0.4, -0.2) is 18.2 Å². The molecule has 0 N–H and O–H groups in total. The molecule has 0 saturated carbocycles. The number of fused-ring (bicyclic) bond motifs is 3. The topological polar surface area (TPSA) is 42.7 Å². The summed E-state index contributed by atoms with van der Waals surface area (Å²) in [5.74, 6) is 0.556. The summed E-state index contributed by atoms with van der Waals surface area (Å²) in [6.45, 7) is 4.07. The van der Waals surface area contributed by atoms with Gasteiger partial charge in [0.05, 0.1) is 5.56 Å². The van der Waals surface area contributed by atoms with Crippen LogP contribution in [0.15, 0.2) is 51.7 Å². The minimum absolute atomic E-state index is 0.223. The number of halogens is 1. The summed E-state index contributed by atoms with van der Waals surface area (Å²) >= 11 is 0. The van der Waals surface area contributed by atoms with E-state index in [1.807, 2.05) is 24.3 Å². The molecule has 146 valence electrons. The van der Waals surface area contributed by atoms with Gasteiger partial charge < -0.3 is 9.15 Å². The van der Waals surface area contributed by atoms with Gasteiger partial charge in [0, 0.05) is 24.5 Å². The van der Waals surface area contributed by atoms with Crippen LogP contribution in [0, 0.1) is 5.82 Å². The summed E-state index contributed by atoms with van der Waals surface area (Å²) in [5.41, 5.74) is 3.38. The van der Waals surface area contributed by atoms with Crippen molar-refractivity contribution in [2.24, 2.45) is 0 Å². The van der Waals surface area contributed by atoms with E-state index in [0.29, 0.717) is 18.9 Å². The van der Waals surface area contributed by atoms with Crippen molar-refractivity contribution in [2.45, 2.75) is 39.2 Å². The predicted molar refractivity (Wildman–Crippen MR) is 107 cm³/mol. The lowest BCUT2D eigenvalue weighted by atomic mass is 10.0. The third-order valence-corrected chi connectivity index (χ3v) is 5.27. The Kier molecular flexibility index (Phi) is 5.44. The van der Waals surface area contributed by atoms with Gasteiger partial charge in [-0.3, -0.25) is 4.90 Å².